The number of hydrogen-bond donors (Lipinski definition) is 0. The van der Waals surface area contributed by atoms with Gasteiger partial charge in [0.1, 0.15) is 0 Å². The second-order valence-corrected chi connectivity index (χ2v) is 5.89. The number of benzene rings is 1. The molecule has 2 rings (SSSR count). The average Bonchev–Trinajstić information content (AvgIpc) is 2.49. The van der Waals surface area contributed by atoms with Crippen molar-refractivity contribution < 1.29 is 0 Å². The summed E-state index contributed by atoms with van der Waals surface area (Å²) in [4.78, 5) is 4.47. The molecule has 0 N–H and O–H groups in total. The molecule has 0 bridgehead atoms. The lowest BCUT2D eigenvalue weighted by Gasteiger charge is -2.08. The third kappa shape index (κ3) is 2.73. The van der Waals surface area contributed by atoms with E-state index in [1.165, 1.54) is 22.3 Å². The first-order valence-corrected chi connectivity index (χ1v) is 6.44. The summed E-state index contributed by atoms with van der Waals surface area (Å²) >= 11 is 5.03. The Balaban J connectivity index is 0.00000128. The van der Waals surface area contributed by atoms with Crippen LogP contribution in [0.3, 0.4) is 0 Å². The summed E-state index contributed by atoms with van der Waals surface area (Å²) in [6.07, 6.45) is 0. The van der Waals surface area contributed by atoms with Gasteiger partial charge in [-0.1, -0.05) is 17.7 Å². The van der Waals surface area contributed by atoms with Gasteiger partial charge in [-0.05, 0) is 47.8 Å². The SMILES string of the molecule is Br.Cc1cc(C)c(-c2csc(Br)n2)c(C)c1. The predicted molar refractivity (Wildman–Crippen MR) is 79.8 cm³/mol. The highest BCUT2D eigenvalue weighted by molar-refractivity contribution is 9.11. The van der Waals surface area contributed by atoms with Crippen molar-refractivity contribution in [2.24, 2.45) is 0 Å². The monoisotopic (exact) mass is 361 g/mol. The molecule has 4 heteroatoms. The molecule has 0 radical (unpaired) electrons. The van der Waals surface area contributed by atoms with Crippen LogP contribution >= 0.6 is 44.2 Å². The number of aryl methyl sites for hydroxylation is 3. The summed E-state index contributed by atoms with van der Waals surface area (Å²) in [6, 6.07) is 4.41. The third-order valence-electron chi connectivity index (χ3n) is 2.41. The maximum absolute atomic E-state index is 4.47. The topological polar surface area (TPSA) is 12.9 Å². The molecule has 0 spiro atoms. The van der Waals surface area contributed by atoms with Gasteiger partial charge < -0.3 is 0 Å². The van der Waals surface area contributed by atoms with E-state index < -0.39 is 0 Å². The molecule has 2 aromatic rings. The van der Waals surface area contributed by atoms with Gasteiger partial charge in [0.15, 0.2) is 3.92 Å². The van der Waals surface area contributed by atoms with Gasteiger partial charge >= 0.3 is 0 Å². The summed E-state index contributed by atoms with van der Waals surface area (Å²) in [7, 11) is 0. The van der Waals surface area contributed by atoms with E-state index in [2.05, 4.69) is 59.2 Å². The van der Waals surface area contributed by atoms with Crippen LogP contribution in [0, 0.1) is 20.8 Å². The van der Waals surface area contributed by atoms with Gasteiger partial charge in [0.25, 0.3) is 0 Å². The van der Waals surface area contributed by atoms with Crippen LogP contribution < -0.4 is 0 Å². The standard InChI is InChI=1S/C12H12BrNS.BrH/c1-7-4-8(2)11(9(3)5-7)10-6-15-12(13)14-10;/h4-6H,1-3H3;1H. The minimum atomic E-state index is 0. The second kappa shape index (κ2) is 5.43. The molecule has 0 atom stereocenters. The van der Waals surface area contributed by atoms with Crippen molar-refractivity contribution in [3.63, 3.8) is 0 Å². The maximum Gasteiger partial charge on any atom is 0.159 e. The zero-order valence-electron chi connectivity index (χ0n) is 9.37. The smallest absolute Gasteiger partial charge is 0.159 e. The predicted octanol–water partition coefficient (Wildman–Crippen LogP) is 5.08. The Morgan fingerprint density at radius 2 is 1.69 bits per heavy atom. The Labute approximate surface area is 119 Å². The number of nitrogens with zero attached hydrogens (tertiary/aromatic N) is 1. The fraction of sp³-hybridized carbons (Fsp3) is 0.250. The minimum Gasteiger partial charge on any atom is -0.229 e. The van der Waals surface area contributed by atoms with Crippen LogP contribution in [0.15, 0.2) is 21.4 Å². The molecule has 0 amide bonds. The average molecular weight is 363 g/mol. The molecule has 1 aromatic carbocycles. The van der Waals surface area contributed by atoms with Crippen LogP contribution in [0.4, 0.5) is 0 Å². The normalized spacial score (nSPS) is 10.0. The zero-order chi connectivity index (χ0) is 11.0. The van der Waals surface area contributed by atoms with Gasteiger partial charge in [-0.25, -0.2) is 4.98 Å². The molecule has 1 nitrogen and oxygen atoms in total. The van der Waals surface area contributed by atoms with E-state index in [-0.39, 0.29) is 17.0 Å². The van der Waals surface area contributed by atoms with Crippen LogP contribution in [0.1, 0.15) is 16.7 Å². The van der Waals surface area contributed by atoms with E-state index in [0.717, 1.165) is 9.61 Å². The van der Waals surface area contributed by atoms with Crippen LogP contribution in [0.25, 0.3) is 11.3 Å². The zero-order valence-corrected chi connectivity index (χ0v) is 13.5. The highest BCUT2D eigenvalue weighted by Gasteiger charge is 2.09. The molecule has 0 saturated carbocycles. The van der Waals surface area contributed by atoms with Crippen molar-refractivity contribution in [2.75, 3.05) is 0 Å². The van der Waals surface area contributed by atoms with Crippen molar-refractivity contribution in [1.82, 2.24) is 4.98 Å². The number of aromatic nitrogens is 1. The Morgan fingerprint density at radius 3 is 2.12 bits per heavy atom. The van der Waals surface area contributed by atoms with Crippen LogP contribution in [-0.4, -0.2) is 4.98 Å². The number of halogens is 2. The Kier molecular flexibility index (Phi) is 4.71. The molecule has 0 aliphatic rings. The van der Waals surface area contributed by atoms with E-state index in [1.54, 1.807) is 11.3 Å². The van der Waals surface area contributed by atoms with Gasteiger partial charge in [0.05, 0.1) is 5.69 Å². The summed E-state index contributed by atoms with van der Waals surface area (Å²) in [5.74, 6) is 0. The largest absolute Gasteiger partial charge is 0.229 e. The lowest BCUT2D eigenvalue weighted by Crippen LogP contribution is -1.89. The van der Waals surface area contributed by atoms with E-state index in [0.29, 0.717) is 0 Å². The highest BCUT2D eigenvalue weighted by Crippen LogP contribution is 2.30. The minimum absolute atomic E-state index is 0. The Hall–Kier alpha value is -0.190. The van der Waals surface area contributed by atoms with Crippen LogP contribution in [0.5, 0.6) is 0 Å². The van der Waals surface area contributed by atoms with Gasteiger partial charge in [-0.2, -0.15) is 0 Å². The van der Waals surface area contributed by atoms with Crippen molar-refractivity contribution in [2.45, 2.75) is 20.8 Å². The van der Waals surface area contributed by atoms with Crippen molar-refractivity contribution >= 4 is 44.2 Å². The quantitative estimate of drug-likeness (QED) is 0.689. The van der Waals surface area contributed by atoms with Gasteiger partial charge in [-0.3, -0.25) is 0 Å². The molecule has 1 heterocycles. The molecule has 86 valence electrons. The second-order valence-electron chi connectivity index (χ2n) is 3.76. The third-order valence-corrected chi connectivity index (χ3v) is 3.77. The summed E-state index contributed by atoms with van der Waals surface area (Å²) in [5, 5.41) is 2.09. The van der Waals surface area contributed by atoms with Crippen LogP contribution in [-0.2, 0) is 0 Å². The Bertz CT molecular complexity index is 482. The van der Waals surface area contributed by atoms with Crippen molar-refractivity contribution in [3.8, 4) is 11.3 Å². The van der Waals surface area contributed by atoms with Gasteiger partial charge in [-0.15, -0.1) is 28.3 Å². The molecule has 0 fully saturated rings. The summed E-state index contributed by atoms with van der Waals surface area (Å²) in [6.45, 7) is 6.41. The molecule has 0 saturated heterocycles. The fourth-order valence-electron chi connectivity index (χ4n) is 1.95. The number of rotatable bonds is 1. The molecule has 1 aromatic heterocycles. The first kappa shape index (κ1) is 13.9. The van der Waals surface area contributed by atoms with E-state index in [1.807, 2.05) is 0 Å². The highest BCUT2D eigenvalue weighted by atomic mass is 79.9. The molecular weight excluding hydrogens is 350 g/mol. The summed E-state index contributed by atoms with van der Waals surface area (Å²) in [5.41, 5.74) is 6.24. The first-order chi connectivity index (χ1) is 7.08. The fourth-order valence-corrected chi connectivity index (χ4v) is 2.95. The number of thiazole rings is 1. The van der Waals surface area contributed by atoms with Gasteiger partial charge in [0, 0.05) is 10.9 Å². The molecule has 16 heavy (non-hydrogen) atoms. The molecule has 0 aliphatic heterocycles. The van der Waals surface area contributed by atoms with Gasteiger partial charge in [0.2, 0.25) is 0 Å². The van der Waals surface area contributed by atoms with E-state index in [9.17, 15) is 0 Å². The molecule has 0 unspecified atom stereocenters. The lowest BCUT2D eigenvalue weighted by molar-refractivity contribution is 1.28. The van der Waals surface area contributed by atoms with Crippen molar-refractivity contribution in [1.29, 1.82) is 0 Å². The lowest BCUT2D eigenvalue weighted by atomic mass is 9.98. The van der Waals surface area contributed by atoms with Crippen LogP contribution in [0.2, 0.25) is 0 Å². The van der Waals surface area contributed by atoms with E-state index >= 15 is 0 Å². The molecular formula is C12H13Br2NS. The summed E-state index contributed by atoms with van der Waals surface area (Å²) < 4.78 is 0.942. The molecule has 0 aliphatic carbocycles. The van der Waals surface area contributed by atoms with Crippen molar-refractivity contribution in [3.05, 3.63) is 38.1 Å². The van der Waals surface area contributed by atoms with E-state index in [4.69, 9.17) is 0 Å². The first-order valence-electron chi connectivity index (χ1n) is 4.77. The maximum atomic E-state index is 4.47. The number of hydrogen-bond acceptors (Lipinski definition) is 2. The Morgan fingerprint density at radius 1 is 1.12 bits per heavy atom.